The number of primary amides is 1. The number of rotatable bonds is 12. The molecule has 0 bridgehead atoms. The highest BCUT2D eigenvalue weighted by atomic mass is 16.1. The smallest absolute Gasteiger partial charge is 0.244 e. The Hall–Kier alpha value is -0.830. The van der Waals surface area contributed by atoms with Crippen molar-refractivity contribution in [2.24, 2.45) is 17.4 Å². The molecule has 0 aromatic carbocycles. The van der Waals surface area contributed by atoms with E-state index in [1.165, 1.54) is 0 Å². The lowest BCUT2D eigenvalue weighted by atomic mass is 9.82. The van der Waals surface area contributed by atoms with Gasteiger partial charge in [0.1, 0.15) is 0 Å². The van der Waals surface area contributed by atoms with Crippen LogP contribution in [0.15, 0.2) is 11.1 Å². The van der Waals surface area contributed by atoms with Gasteiger partial charge in [0.05, 0.1) is 0 Å². The van der Waals surface area contributed by atoms with Crippen LogP contribution in [-0.4, -0.2) is 11.9 Å². The van der Waals surface area contributed by atoms with Gasteiger partial charge in [-0.05, 0) is 44.1 Å². The van der Waals surface area contributed by atoms with E-state index < -0.39 is 0 Å². The molecule has 1 amide bonds. The molecule has 21 heavy (non-hydrogen) atoms. The van der Waals surface area contributed by atoms with Crippen LogP contribution in [0.4, 0.5) is 0 Å². The average Bonchev–Trinajstić information content (AvgIpc) is 2.44. The fourth-order valence-electron chi connectivity index (χ4n) is 2.93. The predicted molar refractivity (Wildman–Crippen MR) is 91.9 cm³/mol. The van der Waals surface area contributed by atoms with Crippen LogP contribution in [0.5, 0.6) is 0 Å². The van der Waals surface area contributed by atoms with Crippen LogP contribution in [-0.2, 0) is 4.79 Å². The molecule has 0 aromatic rings. The summed E-state index contributed by atoms with van der Waals surface area (Å²) in [5.74, 6) is 0.0378. The van der Waals surface area contributed by atoms with Gasteiger partial charge in [0.2, 0.25) is 5.91 Å². The van der Waals surface area contributed by atoms with E-state index >= 15 is 0 Å². The summed E-state index contributed by atoms with van der Waals surface area (Å²) in [4.78, 5) is 12.1. The number of carbonyl (C=O) groups is 1. The van der Waals surface area contributed by atoms with Crippen molar-refractivity contribution in [1.29, 1.82) is 0 Å². The molecule has 0 heterocycles. The second-order valence-electron chi connectivity index (χ2n) is 6.18. The van der Waals surface area contributed by atoms with Crippen molar-refractivity contribution in [3.63, 3.8) is 0 Å². The van der Waals surface area contributed by atoms with E-state index in [0.29, 0.717) is 5.92 Å². The fraction of sp³-hybridized carbons (Fsp3) is 0.833. The minimum atomic E-state index is -0.254. The van der Waals surface area contributed by atoms with E-state index in [-0.39, 0.29) is 11.9 Å². The molecule has 0 radical (unpaired) electrons. The maximum atomic E-state index is 12.1. The third kappa shape index (κ3) is 7.66. The van der Waals surface area contributed by atoms with Gasteiger partial charge in [-0.3, -0.25) is 4.79 Å². The van der Waals surface area contributed by atoms with Crippen LogP contribution in [0.3, 0.4) is 0 Å². The standard InChI is InChI=1S/C18H36N2O/c1-5-8-11-15(12-9-6-2)17(18(20)21)16(14(4)19)13-10-7-3/h14-15H,5-13,19H2,1-4H3,(H2,20,21)/b17-16+. The first kappa shape index (κ1) is 20.2. The lowest BCUT2D eigenvalue weighted by Gasteiger charge is -2.24. The number of unbranched alkanes of at least 4 members (excludes halogenated alkanes) is 3. The zero-order valence-electron chi connectivity index (χ0n) is 14.6. The Labute approximate surface area is 131 Å². The lowest BCUT2D eigenvalue weighted by Crippen LogP contribution is -2.29. The first-order chi connectivity index (χ1) is 9.99. The monoisotopic (exact) mass is 296 g/mol. The van der Waals surface area contributed by atoms with Gasteiger partial charge in [-0.25, -0.2) is 0 Å². The van der Waals surface area contributed by atoms with E-state index in [2.05, 4.69) is 20.8 Å². The molecule has 0 spiro atoms. The summed E-state index contributed by atoms with van der Waals surface area (Å²) in [6, 6.07) is -0.0789. The highest BCUT2D eigenvalue weighted by Gasteiger charge is 2.23. The molecule has 0 aromatic heterocycles. The lowest BCUT2D eigenvalue weighted by molar-refractivity contribution is -0.115. The topological polar surface area (TPSA) is 69.1 Å². The number of carbonyl (C=O) groups excluding carboxylic acids is 1. The zero-order valence-corrected chi connectivity index (χ0v) is 14.6. The van der Waals surface area contributed by atoms with Crippen molar-refractivity contribution in [3.05, 3.63) is 11.1 Å². The molecule has 0 aliphatic heterocycles. The normalized spacial score (nSPS) is 14.2. The molecular weight excluding hydrogens is 260 g/mol. The van der Waals surface area contributed by atoms with Gasteiger partial charge in [0.25, 0.3) is 0 Å². The van der Waals surface area contributed by atoms with E-state index in [1.807, 2.05) is 6.92 Å². The highest BCUT2D eigenvalue weighted by Crippen LogP contribution is 2.29. The second kappa shape index (κ2) is 11.8. The number of amides is 1. The third-order valence-corrected chi connectivity index (χ3v) is 4.18. The quantitative estimate of drug-likeness (QED) is 0.527. The number of hydrogen-bond acceptors (Lipinski definition) is 2. The fourth-order valence-corrected chi connectivity index (χ4v) is 2.93. The molecule has 0 rings (SSSR count). The molecule has 3 nitrogen and oxygen atoms in total. The van der Waals surface area contributed by atoms with Gasteiger partial charge in [-0.2, -0.15) is 0 Å². The Morgan fingerprint density at radius 3 is 1.76 bits per heavy atom. The Bertz CT molecular complexity index is 313. The SMILES string of the molecule is CCCC/C(=C(\C(N)=O)C(CCCC)CCCC)C(C)N. The summed E-state index contributed by atoms with van der Waals surface area (Å²) < 4.78 is 0. The molecule has 1 unspecified atom stereocenters. The molecule has 0 aliphatic rings. The van der Waals surface area contributed by atoms with E-state index in [4.69, 9.17) is 11.5 Å². The summed E-state index contributed by atoms with van der Waals surface area (Å²) in [7, 11) is 0. The van der Waals surface area contributed by atoms with Gasteiger partial charge in [-0.15, -0.1) is 0 Å². The van der Waals surface area contributed by atoms with Gasteiger partial charge in [-0.1, -0.05) is 52.9 Å². The molecule has 4 N–H and O–H groups in total. The van der Waals surface area contributed by atoms with Crippen molar-refractivity contribution >= 4 is 5.91 Å². The molecule has 0 fully saturated rings. The van der Waals surface area contributed by atoms with E-state index in [9.17, 15) is 4.79 Å². The maximum absolute atomic E-state index is 12.1. The summed E-state index contributed by atoms with van der Waals surface area (Å²) in [5, 5.41) is 0. The van der Waals surface area contributed by atoms with E-state index in [1.54, 1.807) is 0 Å². The minimum absolute atomic E-state index is 0.0789. The van der Waals surface area contributed by atoms with Gasteiger partial charge < -0.3 is 11.5 Å². The Kier molecular flexibility index (Phi) is 11.3. The van der Waals surface area contributed by atoms with Crippen molar-refractivity contribution in [3.8, 4) is 0 Å². The Balaban J connectivity index is 5.42. The number of nitrogens with two attached hydrogens (primary N) is 2. The predicted octanol–water partition coefficient (Wildman–Crippen LogP) is 4.30. The summed E-state index contributed by atoms with van der Waals surface area (Å²) in [6.07, 6.45) is 9.78. The second-order valence-corrected chi connectivity index (χ2v) is 6.18. The van der Waals surface area contributed by atoms with Gasteiger partial charge in [0.15, 0.2) is 0 Å². The van der Waals surface area contributed by atoms with Crippen LogP contribution in [0.1, 0.15) is 85.5 Å². The molecular formula is C18H36N2O. The zero-order chi connectivity index (χ0) is 16.3. The molecule has 1 atom stereocenters. The van der Waals surface area contributed by atoms with Crippen LogP contribution in [0.2, 0.25) is 0 Å². The Morgan fingerprint density at radius 1 is 0.952 bits per heavy atom. The van der Waals surface area contributed by atoms with Crippen LogP contribution >= 0.6 is 0 Å². The third-order valence-electron chi connectivity index (χ3n) is 4.18. The first-order valence-corrected chi connectivity index (χ1v) is 8.77. The molecule has 3 heteroatoms. The largest absolute Gasteiger partial charge is 0.366 e. The van der Waals surface area contributed by atoms with Gasteiger partial charge >= 0.3 is 0 Å². The van der Waals surface area contributed by atoms with Gasteiger partial charge in [0, 0.05) is 11.6 Å². The molecule has 0 saturated carbocycles. The molecule has 124 valence electrons. The van der Waals surface area contributed by atoms with Crippen LogP contribution < -0.4 is 11.5 Å². The highest BCUT2D eigenvalue weighted by molar-refractivity contribution is 5.93. The Morgan fingerprint density at radius 2 is 1.43 bits per heavy atom. The molecule has 0 aliphatic carbocycles. The van der Waals surface area contributed by atoms with Crippen LogP contribution in [0, 0.1) is 5.92 Å². The number of hydrogen-bond donors (Lipinski definition) is 2. The summed E-state index contributed by atoms with van der Waals surface area (Å²) in [6.45, 7) is 8.52. The van der Waals surface area contributed by atoms with Crippen molar-refractivity contribution in [2.45, 2.75) is 91.5 Å². The van der Waals surface area contributed by atoms with Crippen molar-refractivity contribution in [2.75, 3.05) is 0 Å². The minimum Gasteiger partial charge on any atom is -0.366 e. The van der Waals surface area contributed by atoms with E-state index in [0.717, 1.165) is 68.9 Å². The molecule has 0 saturated heterocycles. The van der Waals surface area contributed by atoms with Crippen molar-refractivity contribution < 1.29 is 4.79 Å². The van der Waals surface area contributed by atoms with Crippen LogP contribution in [0.25, 0.3) is 0 Å². The maximum Gasteiger partial charge on any atom is 0.244 e. The van der Waals surface area contributed by atoms with Crippen molar-refractivity contribution in [1.82, 2.24) is 0 Å². The average molecular weight is 296 g/mol. The summed E-state index contributed by atoms with van der Waals surface area (Å²) in [5.41, 5.74) is 13.8. The first-order valence-electron chi connectivity index (χ1n) is 8.77. The summed E-state index contributed by atoms with van der Waals surface area (Å²) >= 11 is 0.